The molecule has 1 aromatic carbocycles. The summed E-state index contributed by atoms with van der Waals surface area (Å²) in [5.41, 5.74) is 0.847. The van der Waals surface area contributed by atoms with Crippen LogP contribution in [0.15, 0.2) is 24.3 Å². The average Bonchev–Trinajstić information content (AvgIpc) is 2.48. The summed E-state index contributed by atoms with van der Waals surface area (Å²) in [6.07, 6.45) is 0.790. The molecule has 1 aliphatic heterocycles. The van der Waals surface area contributed by atoms with Crippen LogP contribution in [0.1, 0.15) is 24.9 Å². The van der Waals surface area contributed by atoms with Crippen molar-refractivity contribution in [3.63, 3.8) is 0 Å². The molecule has 1 N–H and O–H groups in total. The van der Waals surface area contributed by atoms with Gasteiger partial charge in [-0.2, -0.15) is 17.0 Å². The fourth-order valence-electron chi connectivity index (χ4n) is 2.58. The Kier molecular flexibility index (Phi) is 5.62. The van der Waals surface area contributed by atoms with Crippen LogP contribution in [0.5, 0.6) is 0 Å². The molecule has 1 unspecified atom stereocenters. The van der Waals surface area contributed by atoms with Crippen molar-refractivity contribution in [2.75, 3.05) is 33.2 Å². The molecular weight excluding hydrogens is 310 g/mol. The lowest BCUT2D eigenvalue weighted by molar-refractivity contribution is 0.252. The van der Waals surface area contributed by atoms with Crippen molar-refractivity contribution in [3.05, 3.63) is 34.9 Å². The van der Waals surface area contributed by atoms with E-state index in [0.717, 1.165) is 12.0 Å². The number of hydrogen-bond acceptors (Lipinski definition) is 3. The second-order valence-corrected chi connectivity index (χ2v) is 7.58. The normalized spacial score (nSPS) is 20.9. The Morgan fingerprint density at radius 2 is 2.14 bits per heavy atom. The summed E-state index contributed by atoms with van der Waals surface area (Å²) in [5, 5.41) is 3.85. The van der Waals surface area contributed by atoms with E-state index in [1.54, 1.807) is 17.4 Å². The van der Waals surface area contributed by atoms with Gasteiger partial charge in [0.25, 0.3) is 10.2 Å². The summed E-state index contributed by atoms with van der Waals surface area (Å²) < 4.78 is 28.5. The van der Waals surface area contributed by atoms with Crippen LogP contribution in [0.3, 0.4) is 0 Å². The highest BCUT2D eigenvalue weighted by molar-refractivity contribution is 7.86. The summed E-state index contributed by atoms with van der Waals surface area (Å²) in [7, 11) is -1.84. The van der Waals surface area contributed by atoms with Gasteiger partial charge in [-0.3, -0.25) is 0 Å². The fourth-order valence-corrected chi connectivity index (χ4v) is 4.45. The lowest BCUT2D eigenvalue weighted by Gasteiger charge is -2.37. The Hall–Kier alpha value is -0.660. The molecule has 118 valence electrons. The molecule has 1 fully saturated rings. The van der Waals surface area contributed by atoms with E-state index in [0.29, 0.717) is 31.2 Å². The van der Waals surface area contributed by atoms with E-state index in [9.17, 15) is 8.42 Å². The molecular formula is C14H22ClN3O2S. The molecule has 0 bridgehead atoms. The summed E-state index contributed by atoms with van der Waals surface area (Å²) in [6, 6.07) is 7.16. The molecule has 0 amide bonds. The number of nitrogens with zero attached hydrogens (tertiary/aromatic N) is 2. The van der Waals surface area contributed by atoms with Gasteiger partial charge in [0.2, 0.25) is 0 Å². The third kappa shape index (κ3) is 3.57. The van der Waals surface area contributed by atoms with E-state index < -0.39 is 10.2 Å². The summed E-state index contributed by atoms with van der Waals surface area (Å²) in [6.45, 7) is 4.16. The minimum atomic E-state index is -3.47. The maximum atomic E-state index is 12.8. The van der Waals surface area contributed by atoms with Crippen molar-refractivity contribution in [2.45, 2.75) is 19.4 Å². The number of piperazine rings is 1. The minimum absolute atomic E-state index is 0.267. The van der Waals surface area contributed by atoms with Crippen LogP contribution in [-0.4, -0.2) is 50.3 Å². The Morgan fingerprint density at radius 1 is 1.43 bits per heavy atom. The van der Waals surface area contributed by atoms with Gasteiger partial charge in [-0.1, -0.05) is 36.7 Å². The van der Waals surface area contributed by atoms with Crippen molar-refractivity contribution in [1.82, 2.24) is 13.9 Å². The molecule has 21 heavy (non-hydrogen) atoms. The minimum Gasteiger partial charge on any atom is -0.313 e. The third-order valence-corrected chi connectivity index (χ3v) is 6.03. The van der Waals surface area contributed by atoms with E-state index in [-0.39, 0.29) is 6.04 Å². The molecule has 0 saturated carbocycles. The van der Waals surface area contributed by atoms with Gasteiger partial charge in [-0.15, -0.1) is 0 Å². The molecule has 0 aromatic heterocycles. The van der Waals surface area contributed by atoms with Crippen LogP contribution in [0.25, 0.3) is 0 Å². The lowest BCUT2D eigenvalue weighted by Crippen LogP contribution is -2.52. The van der Waals surface area contributed by atoms with E-state index >= 15 is 0 Å². The monoisotopic (exact) mass is 331 g/mol. The number of rotatable bonds is 5. The standard InChI is InChI=1S/C14H22ClN3O2S/c1-3-9-17(2)21(19,20)18-10-8-16-11-14(18)12-6-4-5-7-13(12)15/h4-7,14,16H,3,8-11H2,1-2H3. The van der Waals surface area contributed by atoms with Gasteiger partial charge in [-0.25, -0.2) is 0 Å². The highest BCUT2D eigenvalue weighted by atomic mass is 35.5. The van der Waals surface area contributed by atoms with Crippen molar-refractivity contribution in [1.29, 1.82) is 0 Å². The predicted molar refractivity (Wildman–Crippen MR) is 85.6 cm³/mol. The SMILES string of the molecule is CCCN(C)S(=O)(=O)N1CCNCC1c1ccccc1Cl. The molecule has 2 rings (SSSR count). The van der Waals surface area contributed by atoms with Gasteiger partial charge < -0.3 is 5.32 Å². The van der Waals surface area contributed by atoms with Crippen molar-refractivity contribution >= 4 is 21.8 Å². The van der Waals surface area contributed by atoms with Crippen molar-refractivity contribution in [3.8, 4) is 0 Å². The van der Waals surface area contributed by atoms with E-state index in [2.05, 4.69) is 5.32 Å². The molecule has 7 heteroatoms. The zero-order chi connectivity index (χ0) is 15.5. The Balaban J connectivity index is 2.34. The van der Waals surface area contributed by atoms with E-state index in [1.807, 2.05) is 25.1 Å². The topological polar surface area (TPSA) is 52.7 Å². The molecule has 1 aromatic rings. The van der Waals surface area contributed by atoms with Gasteiger partial charge in [0, 0.05) is 38.2 Å². The predicted octanol–water partition coefficient (Wildman–Crippen LogP) is 1.87. The maximum Gasteiger partial charge on any atom is 0.282 e. The van der Waals surface area contributed by atoms with Crippen molar-refractivity contribution in [2.24, 2.45) is 0 Å². The van der Waals surface area contributed by atoms with Crippen LogP contribution in [-0.2, 0) is 10.2 Å². The van der Waals surface area contributed by atoms with E-state index in [1.165, 1.54) is 4.31 Å². The zero-order valence-electron chi connectivity index (χ0n) is 12.4. The van der Waals surface area contributed by atoms with Crippen LogP contribution >= 0.6 is 11.6 Å². The lowest BCUT2D eigenvalue weighted by atomic mass is 10.1. The summed E-state index contributed by atoms with van der Waals surface area (Å²) in [4.78, 5) is 0. The van der Waals surface area contributed by atoms with Crippen molar-refractivity contribution < 1.29 is 8.42 Å². The zero-order valence-corrected chi connectivity index (χ0v) is 14.0. The van der Waals surface area contributed by atoms with Crippen LogP contribution in [0, 0.1) is 0 Å². The highest BCUT2D eigenvalue weighted by Gasteiger charge is 2.36. The Bertz CT molecular complexity index is 579. The Labute approximate surface area is 132 Å². The fraction of sp³-hybridized carbons (Fsp3) is 0.571. The summed E-state index contributed by atoms with van der Waals surface area (Å²) >= 11 is 6.25. The first kappa shape index (κ1) is 16.7. The highest BCUT2D eigenvalue weighted by Crippen LogP contribution is 2.31. The first-order valence-corrected chi connectivity index (χ1v) is 8.94. The van der Waals surface area contributed by atoms with E-state index in [4.69, 9.17) is 11.6 Å². The first-order valence-electron chi connectivity index (χ1n) is 7.16. The number of nitrogens with one attached hydrogen (secondary N) is 1. The molecule has 1 atom stereocenters. The van der Waals surface area contributed by atoms with Gasteiger partial charge >= 0.3 is 0 Å². The second-order valence-electron chi connectivity index (χ2n) is 5.18. The smallest absolute Gasteiger partial charge is 0.282 e. The molecule has 0 spiro atoms. The maximum absolute atomic E-state index is 12.8. The summed E-state index contributed by atoms with van der Waals surface area (Å²) in [5.74, 6) is 0. The second kappa shape index (κ2) is 7.07. The molecule has 1 heterocycles. The number of halogens is 1. The Morgan fingerprint density at radius 3 is 2.81 bits per heavy atom. The molecule has 0 aliphatic carbocycles. The average molecular weight is 332 g/mol. The third-order valence-electron chi connectivity index (χ3n) is 3.69. The number of benzene rings is 1. The van der Waals surface area contributed by atoms with Gasteiger partial charge in [0.1, 0.15) is 0 Å². The number of hydrogen-bond donors (Lipinski definition) is 1. The van der Waals surface area contributed by atoms with Crippen LogP contribution in [0.2, 0.25) is 5.02 Å². The first-order chi connectivity index (χ1) is 9.98. The molecule has 1 saturated heterocycles. The quantitative estimate of drug-likeness (QED) is 0.896. The van der Waals surface area contributed by atoms with Crippen LogP contribution < -0.4 is 5.32 Å². The molecule has 1 aliphatic rings. The molecule has 0 radical (unpaired) electrons. The van der Waals surface area contributed by atoms with Gasteiger partial charge in [0.15, 0.2) is 0 Å². The van der Waals surface area contributed by atoms with Gasteiger partial charge in [0.05, 0.1) is 6.04 Å². The van der Waals surface area contributed by atoms with Gasteiger partial charge in [-0.05, 0) is 18.1 Å². The molecule has 5 nitrogen and oxygen atoms in total. The largest absolute Gasteiger partial charge is 0.313 e. The van der Waals surface area contributed by atoms with Crippen LogP contribution in [0.4, 0.5) is 0 Å².